The van der Waals surface area contributed by atoms with Gasteiger partial charge in [-0.05, 0) is 37.5 Å². The molecule has 2 saturated heterocycles. The molecule has 3 amide bonds. The van der Waals surface area contributed by atoms with E-state index in [9.17, 15) is 14.4 Å². The monoisotopic (exact) mass is 577 g/mol. The van der Waals surface area contributed by atoms with Crippen LogP contribution >= 0.6 is 0 Å². The van der Waals surface area contributed by atoms with Crippen LogP contribution in [0.1, 0.15) is 41.6 Å². The standard InChI is InChI=1S/C34H35N5O4/c1-43-34(42)39(26-13-6-3-7-14-26)36-33(41)31-27-15-8-9-16-29(27)35-32(24-11-4-2-5-12-24)28(31)23-37-21-18-25(19-22-37)38-20-10-17-30(38)40/h2-9,11-16,25H,10,17-23H2,1H3,(H,36,41). The number of ether oxygens (including phenoxy) is 1. The number of rotatable bonds is 6. The number of nitrogens with one attached hydrogen (secondary N) is 1. The average Bonchev–Trinajstić information content (AvgIpc) is 3.49. The van der Waals surface area contributed by atoms with Crippen molar-refractivity contribution in [3.63, 3.8) is 0 Å². The lowest BCUT2D eigenvalue weighted by molar-refractivity contribution is -0.130. The summed E-state index contributed by atoms with van der Waals surface area (Å²) in [6.45, 7) is 2.94. The van der Waals surface area contributed by atoms with Crippen LogP contribution in [-0.4, -0.2) is 65.5 Å². The average molecular weight is 578 g/mol. The Morgan fingerprint density at radius 2 is 1.60 bits per heavy atom. The van der Waals surface area contributed by atoms with Crippen LogP contribution in [0, 0.1) is 0 Å². The van der Waals surface area contributed by atoms with E-state index in [1.54, 1.807) is 24.3 Å². The second-order valence-corrected chi connectivity index (χ2v) is 11.0. The van der Waals surface area contributed by atoms with Gasteiger partial charge < -0.3 is 9.64 Å². The summed E-state index contributed by atoms with van der Waals surface area (Å²) in [5.74, 6) is -0.173. The summed E-state index contributed by atoms with van der Waals surface area (Å²) < 4.78 is 5.02. The van der Waals surface area contributed by atoms with Gasteiger partial charge in [0.25, 0.3) is 5.91 Å². The number of para-hydroxylation sites is 2. The molecule has 0 spiro atoms. The Labute approximate surface area is 251 Å². The summed E-state index contributed by atoms with van der Waals surface area (Å²) >= 11 is 0. The third kappa shape index (κ3) is 5.94. The number of likely N-dealkylation sites (tertiary alicyclic amines) is 2. The number of benzene rings is 3. The molecule has 6 rings (SSSR count). The van der Waals surface area contributed by atoms with Gasteiger partial charge in [-0.1, -0.05) is 66.7 Å². The van der Waals surface area contributed by atoms with Crippen LogP contribution in [0.4, 0.5) is 10.5 Å². The molecule has 2 aliphatic rings. The van der Waals surface area contributed by atoms with Crippen molar-refractivity contribution in [2.45, 2.75) is 38.3 Å². The molecule has 0 bridgehead atoms. The Hall–Kier alpha value is -4.76. The van der Waals surface area contributed by atoms with Crippen LogP contribution < -0.4 is 10.4 Å². The molecular formula is C34H35N5O4. The van der Waals surface area contributed by atoms with E-state index >= 15 is 0 Å². The van der Waals surface area contributed by atoms with Crippen LogP contribution in [-0.2, 0) is 16.1 Å². The Morgan fingerprint density at radius 3 is 2.28 bits per heavy atom. The zero-order chi connectivity index (χ0) is 29.8. The van der Waals surface area contributed by atoms with Crippen molar-refractivity contribution >= 4 is 34.5 Å². The van der Waals surface area contributed by atoms with E-state index < -0.39 is 12.0 Å². The van der Waals surface area contributed by atoms with E-state index in [2.05, 4.69) is 10.3 Å². The summed E-state index contributed by atoms with van der Waals surface area (Å²) in [5, 5.41) is 1.83. The van der Waals surface area contributed by atoms with E-state index in [1.807, 2.05) is 65.6 Å². The highest BCUT2D eigenvalue weighted by molar-refractivity contribution is 6.10. The molecule has 2 aliphatic heterocycles. The molecule has 1 aromatic heterocycles. The van der Waals surface area contributed by atoms with Gasteiger partial charge in [0, 0.05) is 55.2 Å². The van der Waals surface area contributed by atoms with E-state index in [0.29, 0.717) is 35.1 Å². The molecule has 0 radical (unpaired) electrons. The first-order chi connectivity index (χ1) is 21.0. The van der Waals surface area contributed by atoms with Crippen molar-refractivity contribution in [2.75, 3.05) is 31.8 Å². The van der Waals surface area contributed by atoms with Gasteiger partial charge in [-0.2, -0.15) is 5.01 Å². The minimum absolute atomic E-state index is 0.260. The minimum Gasteiger partial charge on any atom is -0.451 e. The SMILES string of the molecule is COC(=O)N(NC(=O)c1c(CN2CCC(N3CCCC3=O)CC2)c(-c2ccccc2)nc2ccccc12)c1ccccc1. The smallest absolute Gasteiger partial charge is 0.433 e. The Bertz CT molecular complexity index is 1620. The highest BCUT2D eigenvalue weighted by atomic mass is 16.5. The largest absolute Gasteiger partial charge is 0.451 e. The quantitative estimate of drug-likeness (QED) is 0.308. The van der Waals surface area contributed by atoms with Gasteiger partial charge in [0.1, 0.15) is 0 Å². The van der Waals surface area contributed by atoms with Gasteiger partial charge >= 0.3 is 6.09 Å². The normalized spacial score (nSPS) is 15.9. The van der Waals surface area contributed by atoms with E-state index in [1.165, 1.54) is 7.11 Å². The number of amides is 3. The number of hydrogen-bond acceptors (Lipinski definition) is 6. The van der Waals surface area contributed by atoms with Gasteiger partial charge in [-0.25, -0.2) is 9.78 Å². The van der Waals surface area contributed by atoms with Crippen LogP contribution in [0.25, 0.3) is 22.2 Å². The van der Waals surface area contributed by atoms with Crippen LogP contribution in [0.2, 0.25) is 0 Å². The van der Waals surface area contributed by atoms with E-state index in [4.69, 9.17) is 9.72 Å². The number of carbonyl (C=O) groups excluding carboxylic acids is 3. The molecule has 2 fully saturated rings. The summed E-state index contributed by atoms with van der Waals surface area (Å²) in [4.78, 5) is 49.0. The number of pyridine rings is 1. The number of hydrogen-bond donors (Lipinski definition) is 1. The topological polar surface area (TPSA) is 95.1 Å². The fraction of sp³-hybridized carbons (Fsp3) is 0.294. The number of fused-ring (bicyclic) bond motifs is 1. The minimum atomic E-state index is -0.707. The predicted molar refractivity (Wildman–Crippen MR) is 165 cm³/mol. The van der Waals surface area contributed by atoms with Crippen LogP contribution in [0.5, 0.6) is 0 Å². The molecule has 0 atom stereocenters. The maximum Gasteiger partial charge on any atom is 0.433 e. The van der Waals surface area contributed by atoms with Crippen LogP contribution in [0.15, 0.2) is 84.9 Å². The molecule has 1 N–H and O–H groups in total. The number of piperidine rings is 1. The number of aromatic nitrogens is 1. The second-order valence-electron chi connectivity index (χ2n) is 11.0. The molecule has 9 heteroatoms. The highest BCUT2D eigenvalue weighted by Crippen LogP contribution is 2.33. The van der Waals surface area contributed by atoms with Crippen molar-refractivity contribution in [2.24, 2.45) is 0 Å². The molecular weight excluding hydrogens is 542 g/mol. The van der Waals surface area contributed by atoms with Crippen molar-refractivity contribution in [1.29, 1.82) is 0 Å². The third-order valence-corrected chi connectivity index (χ3v) is 8.34. The number of methoxy groups -OCH3 is 1. The fourth-order valence-corrected chi connectivity index (χ4v) is 6.21. The zero-order valence-corrected chi connectivity index (χ0v) is 24.2. The molecule has 9 nitrogen and oxygen atoms in total. The summed E-state index contributed by atoms with van der Waals surface area (Å²) in [6.07, 6.45) is 2.65. The molecule has 220 valence electrons. The molecule has 3 aromatic carbocycles. The molecule has 0 unspecified atom stereocenters. The Kier molecular flexibility index (Phi) is 8.33. The lowest BCUT2D eigenvalue weighted by Crippen LogP contribution is -2.47. The number of hydrazine groups is 1. The highest BCUT2D eigenvalue weighted by Gasteiger charge is 2.32. The lowest BCUT2D eigenvalue weighted by atomic mass is 9.94. The van der Waals surface area contributed by atoms with E-state index in [-0.39, 0.29) is 11.9 Å². The molecule has 3 heterocycles. The summed E-state index contributed by atoms with van der Waals surface area (Å²) in [5.41, 5.74) is 6.87. The van der Waals surface area contributed by atoms with Gasteiger partial charge in [0.15, 0.2) is 0 Å². The van der Waals surface area contributed by atoms with Gasteiger partial charge in [-0.3, -0.25) is 19.9 Å². The molecule has 0 saturated carbocycles. The number of nitrogens with zero attached hydrogens (tertiary/aromatic N) is 4. The molecule has 4 aromatic rings. The Balaban J connectivity index is 1.40. The van der Waals surface area contributed by atoms with Crippen molar-refractivity contribution in [3.8, 4) is 11.3 Å². The van der Waals surface area contributed by atoms with Crippen molar-refractivity contribution in [3.05, 3.63) is 96.1 Å². The van der Waals surface area contributed by atoms with Crippen LogP contribution in [0.3, 0.4) is 0 Å². The summed E-state index contributed by atoms with van der Waals surface area (Å²) in [7, 11) is 1.28. The third-order valence-electron chi connectivity index (χ3n) is 8.34. The van der Waals surface area contributed by atoms with E-state index in [0.717, 1.165) is 60.7 Å². The first kappa shape index (κ1) is 28.4. The van der Waals surface area contributed by atoms with Crippen molar-refractivity contribution < 1.29 is 19.1 Å². The first-order valence-electron chi connectivity index (χ1n) is 14.8. The summed E-state index contributed by atoms with van der Waals surface area (Å²) in [6, 6.07) is 26.6. The fourth-order valence-electron chi connectivity index (χ4n) is 6.21. The van der Waals surface area contributed by atoms with Gasteiger partial charge in [0.2, 0.25) is 5.91 Å². The molecule has 43 heavy (non-hydrogen) atoms. The first-order valence-corrected chi connectivity index (χ1v) is 14.8. The lowest BCUT2D eigenvalue weighted by Gasteiger charge is -2.37. The maximum absolute atomic E-state index is 14.3. The van der Waals surface area contributed by atoms with Crippen molar-refractivity contribution in [1.82, 2.24) is 20.2 Å². The van der Waals surface area contributed by atoms with Gasteiger partial charge in [-0.15, -0.1) is 0 Å². The second kappa shape index (κ2) is 12.6. The van der Waals surface area contributed by atoms with Gasteiger partial charge in [0.05, 0.1) is 29.6 Å². The number of carbonyl (C=O) groups is 3. The molecule has 0 aliphatic carbocycles. The number of anilines is 1. The predicted octanol–water partition coefficient (Wildman–Crippen LogP) is 5.41. The maximum atomic E-state index is 14.3. The Morgan fingerprint density at radius 1 is 0.930 bits per heavy atom. The zero-order valence-electron chi connectivity index (χ0n) is 24.2.